The van der Waals surface area contributed by atoms with E-state index in [9.17, 15) is 0 Å². The average molecular weight is 409 g/mol. The maximum atomic E-state index is 8.42. The van der Waals surface area contributed by atoms with Gasteiger partial charge in [-0.15, -0.1) is 0 Å². The molecule has 33 heteroatoms. The van der Waals surface area contributed by atoms with Crippen LogP contribution in [-0.4, -0.2) is 56.7 Å². The molecule has 0 heterocycles. The second-order valence-corrected chi connectivity index (χ2v) is 1.15. The van der Waals surface area contributed by atoms with Crippen molar-refractivity contribution in [2.45, 2.75) is 0 Å². The molecular formula is H10B4Li12O17. The van der Waals surface area contributed by atoms with Gasteiger partial charge in [-0.1, -0.05) is 0 Å². The Morgan fingerprint density at radius 3 is 0.182 bits per heavy atom. The smallest absolute Gasteiger partial charge is 0.907 e. The Balaban J connectivity index is -0.00000000261. The van der Waals surface area contributed by atoms with Gasteiger partial charge in [0.15, 0.2) is 0 Å². The summed E-state index contributed by atoms with van der Waals surface area (Å²) >= 11 is 0. The molecule has 0 spiro atoms. The van der Waals surface area contributed by atoms with Gasteiger partial charge in [0.05, 0.1) is 0 Å². The Bertz CT molecular complexity index is 89.0. The van der Waals surface area contributed by atoms with Crippen molar-refractivity contribution >= 4 is 29.3 Å². The summed E-state index contributed by atoms with van der Waals surface area (Å²) in [6.07, 6.45) is 0. The standard InChI is InChI=1S/4BO3.12Li.5H2O/c4*2-1(3)4;;;;;;;;;;;;;;;;;/h;;;;;;;;;;;;;;;;5*1H2/q4*-3;12*+1;;;;;. The summed E-state index contributed by atoms with van der Waals surface area (Å²) in [6.45, 7) is 0. The molecule has 0 bridgehead atoms. The molecule has 10 N–H and O–H groups in total. The van der Waals surface area contributed by atoms with Crippen LogP contribution in [0.4, 0.5) is 0 Å². The summed E-state index contributed by atoms with van der Waals surface area (Å²) in [6, 6.07) is 0. The van der Waals surface area contributed by atoms with Gasteiger partial charge in [-0.3, -0.25) is 29.3 Å². The SMILES string of the molecule is O.O.O.O.O.[Li+].[Li+].[Li+].[Li+].[Li+].[Li+].[Li+].[Li+].[Li+].[Li+].[Li+].[Li+].[O-]B([O-])[O-].[O-]B([O-])[O-].[O-]B([O-])[O-].[O-]B([O-])[O-]. The second-order valence-electron chi connectivity index (χ2n) is 1.15. The van der Waals surface area contributed by atoms with Gasteiger partial charge in [-0.05, 0) is 0 Å². The zero-order valence-electron chi connectivity index (χ0n) is 21.7. The van der Waals surface area contributed by atoms with E-state index in [4.69, 9.17) is 60.3 Å². The van der Waals surface area contributed by atoms with E-state index in [1.54, 1.807) is 0 Å². The molecule has 0 radical (unpaired) electrons. The Morgan fingerprint density at radius 2 is 0.182 bits per heavy atom. The molecule has 0 saturated carbocycles. The van der Waals surface area contributed by atoms with Gasteiger partial charge in [-0.2, -0.15) is 0 Å². The second kappa shape index (κ2) is 157. The molecule has 0 fully saturated rings. The van der Waals surface area contributed by atoms with E-state index < -0.39 is 29.3 Å². The van der Waals surface area contributed by atoms with Crippen LogP contribution in [0.2, 0.25) is 0 Å². The Morgan fingerprint density at radius 1 is 0.182 bits per heavy atom. The first kappa shape index (κ1) is 170. The van der Waals surface area contributed by atoms with Crippen LogP contribution in [0, 0.1) is 0 Å². The predicted octanol–water partition coefficient (Wildman–Crippen LogP) is -55.9. The van der Waals surface area contributed by atoms with E-state index in [1.165, 1.54) is 0 Å². The van der Waals surface area contributed by atoms with E-state index in [-0.39, 0.29) is 254 Å². The fraction of sp³-hybridized carbons (Fsp3) is 0. The molecule has 0 unspecified atom stereocenters. The van der Waals surface area contributed by atoms with E-state index in [0.29, 0.717) is 0 Å². The van der Waals surface area contributed by atoms with Crippen molar-refractivity contribution in [3.05, 3.63) is 0 Å². The third-order valence-corrected chi connectivity index (χ3v) is 0. The Kier molecular flexibility index (Phi) is 808. The Labute approximate surface area is 338 Å². The molecule has 0 aliphatic heterocycles. The van der Waals surface area contributed by atoms with Gasteiger partial charge >= 0.3 is 226 Å². The third kappa shape index (κ3) is 1150. The molecule has 17 nitrogen and oxygen atoms in total. The minimum atomic E-state index is -2.92. The first-order valence-electron chi connectivity index (χ1n) is 2.83. The molecule has 0 aromatic heterocycles. The molecule has 0 aromatic rings. The summed E-state index contributed by atoms with van der Waals surface area (Å²) in [5, 5.41) is 101. The molecule has 0 rings (SSSR count). The van der Waals surface area contributed by atoms with Crippen molar-refractivity contribution in [3.63, 3.8) is 0 Å². The maximum Gasteiger partial charge on any atom is 1.00 e. The topological polar surface area (TPSA) is 434 Å². The molecule has 0 aliphatic carbocycles. The van der Waals surface area contributed by atoms with Crippen LogP contribution in [0.25, 0.3) is 0 Å². The largest absolute Gasteiger partial charge is 1.00 e. The summed E-state index contributed by atoms with van der Waals surface area (Å²) < 4.78 is 0. The third-order valence-electron chi connectivity index (χ3n) is 0. The van der Waals surface area contributed by atoms with Gasteiger partial charge in [0.1, 0.15) is 0 Å². The quantitative estimate of drug-likeness (QED) is 0.336. The van der Waals surface area contributed by atoms with Gasteiger partial charge in [-0.25, -0.2) is 0 Å². The summed E-state index contributed by atoms with van der Waals surface area (Å²) in [4.78, 5) is 0. The van der Waals surface area contributed by atoms with E-state index in [0.717, 1.165) is 0 Å². The zero-order chi connectivity index (χ0) is 14.3. The van der Waals surface area contributed by atoms with Crippen molar-refractivity contribution < 1.29 is 314 Å². The number of hydrogen-bond donors (Lipinski definition) is 0. The van der Waals surface area contributed by atoms with Crippen LogP contribution < -0.4 is 287 Å². The van der Waals surface area contributed by atoms with Crippen molar-refractivity contribution in [2.24, 2.45) is 0 Å². The van der Waals surface area contributed by atoms with Crippen molar-refractivity contribution in [2.75, 3.05) is 0 Å². The van der Waals surface area contributed by atoms with Crippen LogP contribution in [0.1, 0.15) is 0 Å². The molecule has 33 heavy (non-hydrogen) atoms. The Hall–Kier alpha value is 6.75. The minimum Gasteiger partial charge on any atom is -0.907 e. The molecule has 0 aromatic carbocycles. The van der Waals surface area contributed by atoms with Crippen LogP contribution in [-0.2, 0) is 0 Å². The van der Waals surface area contributed by atoms with Crippen molar-refractivity contribution in [3.8, 4) is 0 Å². The first-order valence-corrected chi connectivity index (χ1v) is 2.83. The van der Waals surface area contributed by atoms with Crippen LogP contribution in [0.15, 0.2) is 0 Å². The molecule has 0 atom stereocenters. The van der Waals surface area contributed by atoms with Crippen molar-refractivity contribution in [1.82, 2.24) is 0 Å². The predicted molar refractivity (Wildman–Crippen MR) is 41.1 cm³/mol. The first-order chi connectivity index (χ1) is 6.93. The normalized spacial score (nSPS) is 3.27. The molecular weight excluding hydrogens is 399 g/mol. The summed E-state index contributed by atoms with van der Waals surface area (Å²) in [7, 11) is -11.7. The summed E-state index contributed by atoms with van der Waals surface area (Å²) in [5.41, 5.74) is 0. The van der Waals surface area contributed by atoms with Gasteiger partial charge in [0.2, 0.25) is 0 Å². The molecule has 136 valence electrons. The molecule has 0 saturated heterocycles. The fourth-order valence-electron chi connectivity index (χ4n) is 0. The maximum absolute atomic E-state index is 8.42. The average Bonchev–Trinajstić information content (AvgIpc) is 1.76. The summed E-state index contributed by atoms with van der Waals surface area (Å²) in [5.74, 6) is 0. The molecule has 0 amide bonds. The van der Waals surface area contributed by atoms with Crippen LogP contribution in [0.5, 0.6) is 0 Å². The van der Waals surface area contributed by atoms with Crippen LogP contribution in [0.3, 0.4) is 0 Å². The van der Waals surface area contributed by atoms with Gasteiger partial charge < -0.3 is 87.7 Å². The van der Waals surface area contributed by atoms with Gasteiger partial charge in [0, 0.05) is 0 Å². The van der Waals surface area contributed by atoms with Crippen molar-refractivity contribution in [1.29, 1.82) is 0 Å². The van der Waals surface area contributed by atoms with Gasteiger partial charge in [0.25, 0.3) is 0 Å². The number of hydrogen-bond acceptors (Lipinski definition) is 12. The van der Waals surface area contributed by atoms with Crippen LogP contribution >= 0.6 is 0 Å². The van der Waals surface area contributed by atoms with E-state index in [2.05, 4.69) is 0 Å². The fourth-order valence-corrected chi connectivity index (χ4v) is 0. The van der Waals surface area contributed by atoms with E-state index in [1.807, 2.05) is 0 Å². The van der Waals surface area contributed by atoms with E-state index >= 15 is 0 Å². The molecule has 0 aliphatic rings. The monoisotopic (exact) mass is 410 g/mol. The zero-order valence-corrected chi connectivity index (χ0v) is 21.7. The number of rotatable bonds is 0. The minimum absolute atomic E-state index is 0.